The third kappa shape index (κ3) is 2.48. The summed E-state index contributed by atoms with van der Waals surface area (Å²) in [7, 11) is 0. The number of nitrogens with two attached hydrogens (primary N) is 1. The lowest BCUT2D eigenvalue weighted by Gasteiger charge is -2.27. The molecular formula is C14H19NO3. The van der Waals surface area contributed by atoms with Crippen LogP contribution in [0.1, 0.15) is 43.8 Å². The molecular weight excluding hydrogens is 230 g/mol. The highest BCUT2D eigenvalue weighted by Crippen LogP contribution is 2.44. The van der Waals surface area contributed by atoms with Gasteiger partial charge in [0.25, 0.3) is 0 Å². The monoisotopic (exact) mass is 249 g/mol. The number of hydrogen-bond donors (Lipinski definition) is 3. The van der Waals surface area contributed by atoms with Gasteiger partial charge in [-0.3, -0.25) is 4.79 Å². The number of rotatable bonds is 4. The zero-order chi connectivity index (χ0) is 13.2. The highest BCUT2D eigenvalue weighted by molar-refractivity contribution is 5.81. The molecule has 0 radical (unpaired) electrons. The van der Waals surface area contributed by atoms with Crippen LogP contribution in [0.25, 0.3) is 0 Å². The third-order valence-electron chi connectivity index (χ3n) is 3.92. The molecule has 0 spiro atoms. The lowest BCUT2D eigenvalue weighted by atomic mass is 9.78. The maximum Gasteiger partial charge on any atom is 0.223 e. The van der Waals surface area contributed by atoms with Gasteiger partial charge < -0.3 is 15.9 Å². The highest BCUT2D eigenvalue weighted by atomic mass is 16.3. The molecule has 0 aliphatic heterocycles. The van der Waals surface area contributed by atoms with Gasteiger partial charge in [0, 0.05) is 0 Å². The Morgan fingerprint density at radius 2 is 2.06 bits per heavy atom. The smallest absolute Gasteiger partial charge is 0.223 e. The zero-order valence-corrected chi connectivity index (χ0v) is 10.3. The Morgan fingerprint density at radius 3 is 2.61 bits per heavy atom. The summed E-state index contributed by atoms with van der Waals surface area (Å²) in [6.45, 7) is 0. The lowest BCUT2D eigenvalue weighted by molar-refractivity contribution is -0.129. The number of hydrogen-bond acceptors (Lipinski definition) is 3. The molecule has 0 aromatic heterocycles. The minimum absolute atomic E-state index is 0.117. The van der Waals surface area contributed by atoms with Crippen molar-refractivity contribution in [3.8, 4) is 5.75 Å². The summed E-state index contributed by atoms with van der Waals surface area (Å²) in [6, 6.07) is 6.50. The van der Waals surface area contributed by atoms with Gasteiger partial charge in [0.05, 0.1) is 11.5 Å². The Hall–Kier alpha value is -1.55. The normalized spacial score (nSPS) is 19.6. The molecule has 0 saturated heterocycles. The van der Waals surface area contributed by atoms with Crippen molar-refractivity contribution in [2.75, 3.05) is 0 Å². The van der Waals surface area contributed by atoms with Crippen molar-refractivity contribution in [1.82, 2.24) is 0 Å². The number of aromatic hydroxyl groups is 1. The van der Waals surface area contributed by atoms with Crippen LogP contribution in [0.15, 0.2) is 24.3 Å². The second-order valence-electron chi connectivity index (χ2n) is 5.17. The van der Waals surface area contributed by atoms with Gasteiger partial charge in [-0.05, 0) is 37.0 Å². The summed E-state index contributed by atoms with van der Waals surface area (Å²) in [4.78, 5) is 11.6. The molecule has 1 saturated carbocycles. The van der Waals surface area contributed by atoms with Crippen LogP contribution in [0.3, 0.4) is 0 Å². The van der Waals surface area contributed by atoms with Crippen molar-refractivity contribution < 1.29 is 15.0 Å². The first-order chi connectivity index (χ1) is 8.53. The second-order valence-corrected chi connectivity index (χ2v) is 5.17. The van der Waals surface area contributed by atoms with Gasteiger partial charge >= 0.3 is 0 Å². The largest absolute Gasteiger partial charge is 0.508 e. The summed E-state index contributed by atoms with van der Waals surface area (Å²) in [6.07, 6.45) is 3.04. The number of aliphatic hydroxyl groups is 1. The van der Waals surface area contributed by atoms with Crippen LogP contribution in [-0.4, -0.2) is 16.1 Å². The van der Waals surface area contributed by atoms with Gasteiger partial charge in [-0.2, -0.15) is 0 Å². The quantitative estimate of drug-likeness (QED) is 0.761. The average molecular weight is 249 g/mol. The Bertz CT molecular complexity index is 438. The van der Waals surface area contributed by atoms with E-state index < -0.39 is 11.5 Å². The third-order valence-corrected chi connectivity index (χ3v) is 3.92. The van der Waals surface area contributed by atoms with E-state index in [2.05, 4.69) is 0 Å². The molecule has 1 aromatic carbocycles. The van der Waals surface area contributed by atoms with E-state index in [-0.39, 0.29) is 11.7 Å². The second kappa shape index (κ2) is 4.98. The summed E-state index contributed by atoms with van der Waals surface area (Å²) >= 11 is 0. The standard InChI is InChI=1S/C14H19NO3/c15-13(18)14(6-1-2-7-14)9-12(17)10-4-3-5-11(16)8-10/h3-5,8,12,16-17H,1-2,6-7,9H2,(H2,15,18). The Labute approximate surface area is 106 Å². The summed E-state index contributed by atoms with van der Waals surface area (Å²) < 4.78 is 0. The van der Waals surface area contributed by atoms with E-state index >= 15 is 0 Å². The van der Waals surface area contributed by atoms with Crippen LogP contribution in [0.5, 0.6) is 5.75 Å². The number of carbonyl (C=O) groups excluding carboxylic acids is 1. The first kappa shape index (κ1) is 12.9. The van der Waals surface area contributed by atoms with Crippen LogP contribution in [-0.2, 0) is 4.79 Å². The molecule has 98 valence electrons. The molecule has 4 N–H and O–H groups in total. The molecule has 4 nitrogen and oxygen atoms in total. The van der Waals surface area contributed by atoms with Crippen LogP contribution >= 0.6 is 0 Å². The van der Waals surface area contributed by atoms with Gasteiger partial charge in [0.2, 0.25) is 5.91 Å². The van der Waals surface area contributed by atoms with Crippen LogP contribution in [0.2, 0.25) is 0 Å². The lowest BCUT2D eigenvalue weighted by Crippen LogP contribution is -2.36. The van der Waals surface area contributed by atoms with Gasteiger partial charge in [-0.25, -0.2) is 0 Å². The van der Waals surface area contributed by atoms with E-state index in [1.165, 1.54) is 6.07 Å². The van der Waals surface area contributed by atoms with Crippen LogP contribution in [0.4, 0.5) is 0 Å². The molecule has 1 fully saturated rings. The predicted molar refractivity (Wildman–Crippen MR) is 67.8 cm³/mol. The van der Waals surface area contributed by atoms with E-state index in [4.69, 9.17) is 5.73 Å². The SMILES string of the molecule is NC(=O)C1(CC(O)c2cccc(O)c2)CCCC1. The Morgan fingerprint density at radius 1 is 1.39 bits per heavy atom. The van der Waals surface area contributed by atoms with Crippen molar-refractivity contribution in [3.05, 3.63) is 29.8 Å². The number of carbonyl (C=O) groups is 1. The number of amides is 1. The molecule has 1 atom stereocenters. The van der Waals surface area contributed by atoms with E-state index in [9.17, 15) is 15.0 Å². The first-order valence-electron chi connectivity index (χ1n) is 6.30. The predicted octanol–water partition coefficient (Wildman–Crippen LogP) is 1.86. The van der Waals surface area contributed by atoms with Crippen molar-refractivity contribution in [1.29, 1.82) is 0 Å². The number of phenolic OH excluding ortho intramolecular Hbond substituents is 1. The molecule has 4 heteroatoms. The minimum Gasteiger partial charge on any atom is -0.508 e. The molecule has 2 rings (SSSR count). The van der Waals surface area contributed by atoms with Crippen molar-refractivity contribution in [3.63, 3.8) is 0 Å². The molecule has 1 aliphatic carbocycles. The van der Waals surface area contributed by atoms with Gasteiger partial charge in [0.15, 0.2) is 0 Å². The average Bonchev–Trinajstić information content (AvgIpc) is 2.79. The molecule has 0 heterocycles. The Kier molecular flexibility index (Phi) is 3.57. The fourth-order valence-electron chi connectivity index (χ4n) is 2.82. The topological polar surface area (TPSA) is 83.6 Å². The number of aliphatic hydroxyl groups excluding tert-OH is 1. The van der Waals surface area contributed by atoms with Gasteiger partial charge in [-0.1, -0.05) is 25.0 Å². The fraction of sp³-hybridized carbons (Fsp3) is 0.500. The number of benzene rings is 1. The molecule has 1 amide bonds. The molecule has 1 aromatic rings. The van der Waals surface area contributed by atoms with Gasteiger partial charge in [0.1, 0.15) is 5.75 Å². The maximum absolute atomic E-state index is 11.6. The molecule has 0 bridgehead atoms. The Balaban J connectivity index is 2.15. The zero-order valence-electron chi connectivity index (χ0n) is 10.3. The maximum atomic E-state index is 11.6. The van der Waals surface area contributed by atoms with E-state index in [0.717, 1.165) is 25.7 Å². The molecule has 18 heavy (non-hydrogen) atoms. The molecule has 1 unspecified atom stereocenters. The van der Waals surface area contributed by atoms with Gasteiger partial charge in [-0.15, -0.1) is 0 Å². The van der Waals surface area contributed by atoms with Crippen molar-refractivity contribution in [2.24, 2.45) is 11.1 Å². The van der Waals surface area contributed by atoms with E-state index in [1.807, 2.05) is 0 Å². The summed E-state index contributed by atoms with van der Waals surface area (Å²) in [5.74, 6) is -0.203. The van der Waals surface area contributed by atoms with E-state index in [0.29, 0.717) is 12.0 Å². The summed E-state index contributed by atoms with van der Waals surface area (Å²) in [5, 5.41) is 19.6. The van der Waals surface area contributed by atoms with Crippen LogP contribution < -0.4 is 5.73 Å². The number of primary amides is 1. The summed E-state index contributed by atoms with van der Waals surface area (Å²) in [5.41, 5.74) is 5.54. The van der Waals surface area contributed by atoms with Crippen LogP contribution in [0, 0.1) is 5.41 Å². The fourth-order valence-corrected chi connectivity index (χ4v) is 2.82. The van der Waals surface area contributed by atoms with E-state index in [1.54, 1.807) is 18.2 Å². The van der Waals surface area contributed by atoms with Crippen molar-refractivity contribution >= 4 is 5.91 Å². The molecule has 1 aliphatic rings. The number of phenols is 1. The van der Waals surface area contributed by atoms with Crippen molar-refractivity contribution in [2.45, 2.75) is 38.2 Å². The minimum atomic E-state index is -0.761. The first-order valence-corrected chi connectivity index (χ1v) is 6.30. The highest BCUT2D eigenvalue weighted by Gasteiger charge is 2.41.